The molecule has 102 valence electrons. The van der Waals surface area contributed by atoms with Crippen LogP contribution < -0.4 is 20.9 Å². The molecule has 0 aliphatic carbocycles. The van der Waals surface area contributed by atoms with Crippen molar-refractivity contribution in [2.45, 2.75) is 6.92 Å². The maximum Gasteiger partial charge on any atom is 0.119 e. The van der Waals surface area contributed by atoms with Crippen molar-refractivity contribution in [3.05, 3.63) is 70.6 Å². The number of nitrogens with two attached hydrogens (primary N) is 1. The first-order valence-electron chi connectivity index (χ1n) is 6.48. The van der Waals surface area contributed by atoms with Gasteiger partial charge in [-0.2, -0.15) is 0 Å². The zero-order chi connectivity index (χ0) is 14.5. The minimum atomic E-state index is 0.748. The minimum Gasteiger partial charge on any atom is -0.497 e. The zero-order valence-electron chi connectivity index (χ0n) is 11.9. The Morgan fingerprint density at radius 1 is 1.15 bits per heavy atom. The van der Waals surface area contributed by atoms with Crippen LogP contribution in [0.4, 0.5) is 0 Å². The molecule has 0 amide bonds. The monoisotopic (exact) mass is 265 g/mol. The van der Waals surface area contributed by atoms with E-state index in [2.05, 4.69) is 6.58 Å². The molecule has 0 spiro atoms. The molecule has 2 nitrogen and oxygen atoms in total. The fraction of sp³-hybridized carbons (Fsp3) is 0.111. The molecular weight excluding hydrogens is 246 g/mol. The Morgan fingerprint density at radius 2 is 1.85 bits per heavy atom. The molecule has 20 heavy (non-hydrogen) atoms. The van der Waals surface area contributed by atoms with Gasteiger partial charge in [-0.05, 0) is 46.7 Å². The van der Waals surface area contributed by atoms with Crippen molar-refractivity contribution >= 4 is 17.8 Å². The molecule has 0 heterocycles. The second kappa shape index (κ2) is 6.11. The lowest BCUT2D eigenvalue weighted by atomic mass is 10.1. The van der Waals surface area contributed by atoms with Crippen LogP contribution in [0.2, 0.25) is 0 Å². The Labute approximate surface area is 119 Å². The predicted octanol–water partition coefficient (Wildman–Crippen LogP) is 2.28. The summed E-state index contributed by atoms with van der Waals surface area (Å²) in [6.45, 7) is 6.09. The highest BCUT2D eigenvalue weighted by Gasteiger charge is 1.97. The van der Waals surface area contributed by atoms with Crippen LogP contribution in [-0.2, 0) is 0 Å². The number of ether oxygens (including phenoxy) is 1. The van der Waals surface area contributed by atoms with Gasteiger partial charge >= 0.3 is 0 Å². The number of methoxy groups -OCH3 is 1. The van der Waals surface area contributed by atoms with Gasteiger partial charge in [0.05, 0.1) is 7.11 Å². The molecule has 0 fully saturated rings. The highest BCUT2D eigenvalue weighted by Crippen LogP contribution is 2.10. The molecule has 2 aromatic carbocycles. The zero-order valence-corrected chi connectivity index (χ0v) is 11.9. The second-order valence-electron chi connectivity index (χ2n) is 4.67. The van der Waals surface area contributed by atoms with Gasteiger partial charge < -0.3 is 10.5 Å². The van der Waals surface area contributed by atoms with E-state index in [1.54, 1.807) is 7.11 Å². The lowest BCUT2D eigenvalue weighted by molar-refractivity contribution is 0.414. The quantitative estimate of drug-likeness (QED) is 0.924. The van der Waals surface area contributed by atoms with Crippen molar-refractivity contribution in [2.75, 3.05) is 7.11 Å². The second-order valence-corrected chi connectivity index (χ2v) is 4.67. The molecular formula is C18H19NO. The Kier molecular flexibility index (Phi) is 4.26. The average molecular weight is 265 g/mol. The van der Waals surface area contributed by atoms with Gasteiger partial charge in [0.1, 0.15) is 5.75 Å². The van der Waals surface area contributed by atoms with Crippen LogP contribution in [0.15, 0.2) is 54.6 Å². The van der Waals surface area contributed by atoms with Crippen molar-refractivity contribution in [1.29, 1.82) is 0 Å². The van der Waals surface area contributed by atoms with Gasteiger partial charge in [0.25, 0.3) is 0 Å². The van der Waals surface area contributed by atoms with Crippen LogP contribution in [0.5, 0.6) is 5.75 Å². The Hall–Kier alpha value is -2.48. The first kappa shape index (κ1) is 13.9. The Bertz CT molecular complexity index is 730. The maximum atomic E-state index is 6.13. The van der Waals surface area contributed by atoms with E-state index in [1.165, 1.54) is 0 Å². The van der Waals surface area contributed by atoms with Crippen LogP contribution >= 0.6 is 0 Å². The van der Waals surface area contributed by atoms with Crippen molar-refractivity contribution in [2.24, 2.45) is 5.73 Å². The largest absolute Gasteiger partial charge is 0.497 e. The third-order valence-electron chi connectivity index (χ3n) is 3.22. The Balaban J connectivity index is 2.48. The molecule has 0 atom stereocenters. The summed E-state index contributed by atoms with van der Waals surface area (Å²) in [5.74, 6) is 0.812. The van der Waals surface area contributed by atoms with Gasteiger partial charge in [-0.25, -0.2) is 0 Å². The highest BCUT2D eigenvalue weighted by molar-refractivity contribution is 5.73. The maximum absolute atomic E-state index is 6.13. The van der Waals surface area contributed by atoms with Crippen LogP contribution in [0.3, 0.4) is 0 Å². The van der Waals surface area contributed by atoms with Crippen LogP contribution in [0.25, 0.3) is 17.8 Å². The van der Waals surface area contributed by atoms with Crippen LogP contribution in [0, 0.1) is 0 Å². The summed E-state index contributed by atoms with van der Waals surface area (Å²) in [6.07, 6.45) is 1.98. The average Bonchev–Trinajstić information content (AvgIpc) is 2.47. The summed E-state index contributed by atoms with van der Waals surface area (Å²) in [7, 11) is 1.65. The summed E-state index contributed by atoms with van der Waals surface area (Å²) in [5.41, 5.74) is 8.98. The molecule has 0 aliphatic heterocycles. The first-order chi connectivity index (χ1) is 9.61. The molecule has 0 saturated heterocycles. The lowest BCUT2D eigenvalue weighted by Crippen LogP contribution is -2.24. The molecule has 0 unspecified atom stereocenters. The SMILES string of the molecule is C=c1cc(OC)cc/c1=C(C)/C=C(\N)c1ccccc1. The summed E-state index contributed by atoms with van der Waals surface area (Å²) in [6, 6.07) is 15.8. The van der Waals surface area contributed by atoms with Gasteiger partial charge in [-0.1, -0.05) is 43.0 Å². The molecule has 0 saturated carbocycles. The summed E-state index contributed by atoms with van der Waals surface area (Å²) in [5, 5.41) is 2.00. The summed E-state index contributed by atoms with van der Waals surface area (Å²) >= 11 is 0. The van der Waals surface area contributed by atoms with Crippen molar-refractivity contribution in [3.8, 4) is 5.75 Å². The third kappa shape index (κ3) is 3.09. The van der Waals surface area contributed by atoms with Crippen molar-refractivity contribution in [1.82, 2.24) is 0 Å². The van der Waals surface area contributed by atoms with Crippen LogP contribution in [-0.4, -0.2) is 7.11 Å². The number of hydrogen-bond acceptors (Lipinski definition) is 2. The van der Waals surface area contributed by atoms with E-state index in [9.17, 15) is 0 Å². The number of allylic oxidation sites excluding steroid dienone is 1. The topological polar surface area (TPSA) is 35.2 Å². The Morgan fingerprint density at radius 3 is 2.45 bits per heavy atom. The van der Waals surface area contributed by atoms with E-state index in [4.69, 9.17) is 10.5 Å². The predicted molar refractivity (Wildman–Crippen MR) is 85.5 cm³/mol. The molecule has 0 aliphatic rings. The molecule has 2 heteroatoms. The molecule has 2 N–H and O–H groups in total. The fourth-order valence-corrected chi connectivity index (χ4v) is 2.11. The molecule has 0 bridgehead atoms. The smallest absolute Gasteiger partial charge is 0.119 e. The highest BCUT2D eigenvalue weighted by atomic mass is 16.5. The van der Waals surface area contributed by atoms with Crippen molar-refractivity contribution < 1.29 is 4.74 Å². The first-order valence-corrected chi connectivity index (χ1v) is 6.48. The van der Waals surface area contributed by atoms with Gasteiger partial charge in [0.2, 0.25) is 0 Å². The molecule has 0 aromatic heterocycles. The summed E-state index contributed by atoms with van der Waals surface area (Å²) < 4.78 is 5.19. The third-order valence-corrected chi connectivity index (χ3v) is 3.22. The lowest BCUT2D eigenvalue weighted by Gasteiger charge is -2.03. The standard InChI is InChI=1S/C18H19NO/c1-13-11-16(20-3)9-10-17(13)14(2)12-18(19)15-7-5-4-6-8-15/h4-12H,1,19H2,2-3H3/b17-14-,18-12-. The number of rotatable bonds is 3. The van der Waals surface area contributed by atoms with Gasteiger partial charge in [-0.3, -0.25) is 0 Å². The van der Waals surface area contributed by atoms with Crippen LogP contribution in [0.1, 0.15) is 12.5 Å². The van der Waals surface area contributed by atoms with E-state index in [-0.39, 0.29) is 0 Å². The van der Waals surface area contributed by atoms with Gasteiger partial charge in [0.15, 0.2) is 0 Å². The molecule has 2 aromatic rings. The molecule has 0 radical (unpaired) electrons. The van der Waals surface area contributed by atoms with Gasteiger partial charge in [-0.15, -0.1) is 0 Å². The van der Waals surface area contributed by atoms with Gasteiger partial charge in [0, 0.05) is 5.70 Å². The van der Waals surface area contributed by atoms with Crippen molar-refractivity contribution in [3.63, 3.8) is 0 Å². The summed E-state index contributed by atoms with van der Waals surface area (Å²) in [4.78, 5) is 0. The van der Waals surface area contributed by atoms with E-state index in [0.29, 0.717) is 0 Å². The number of hydrogen-bond donors (Lipinski definition) is 1. The molecule has 2 rings (SSSR count). The minimum absolute atomic E-state index is 0.748. The van der Waals surface area contributed by atoms with E-state index in [1.807, 2.05) is 61.5 Å². The number of benzene rings is 2. The normalized spacial score (nSPS) is 13.0. The van der Waals surface area contributed by atoms with E-state index < -0.39 is 0 Å². The van der Waals surface area contributed by atoms with E-state index >= 15 is 0 Å². The van der Waals surface area contributed by atoms with E-state index in [0.717, 1.165) is 33.0 Å². The fourth-order valence-electron chi connectivity index (χ4n) is 2.11.